The molecule has 0 aliphatic carbocycles. The van der Waals surface area contributed by atoms with Crippen LogP contribution in [0, 0.1) is 0 Å². The second kappa shape index (κ2) is 6.62. The first-order chi connectivity index (χ1) is 11.1. The number of halogens is 1. The van der Waals surface area contributed by atoms with Crippen molar-refractivity contribution in [2.45, 2.75) is 31.3 Å². The first kappa shape index (κ1) is 15.9. The number of ether oxygens (including phenoxy) is 1. The Morgan fingerprint density at radius 1 is 1.48 bits per heavy atom. The van der Waals surface area contributed by atoms with Crippen LogP contribution < -0.4 is 10.1 Å². The summed E-state index contributed by atoms with van der Waals surface area (Å²) in [6, 6.07) is 5.15. The molecule has 1 unspecified atom stereocenters. The first-order valence-electron chi connectivity index (χ1n) is 7.73. The second-order valence-electron chi connectivity index (χ2n) is 5.85. The Bertz CT molecular complexity index is 647. The maximum Gasteiger partial charge on any atom is 0.246 e. The van der Waals surface area contributed by atoms with Crippen LogP contribution in [0.3, 0.4) is 0 Å². The summed E-state index contributed by atoms with van der Waals surface area (Å²) < 4.78 is 5.56. The summed E-state index contributed by atoms with van der Waals surface area (Å²) in [5, 5.41) is 3.60. The minimum Gasteiger partial charge on any atom is -0.491 e. The topological polar surface area (TPSA) is 58.6 Å². The number of hydrogen-bond acceptors (Lipinski definition) is 3. The number of amides is 2. The number of carbonyl (C=O) groups excluding carboxylic acids is 2. The molecule has 2 aliphatic heterocycles. The molecular weight excluding hydrogens is 316 g/mol. The molecule has 0 bridgehead atoms. The van der Waals surface area contributed by atoms with E-state index >= 15 is 0 Å². The minimum atomic E-state index is -0.193. The molecule has 2 amide bonds. The lowest BCUT2D eigenvalue weighted by Gasteiger charge is -2.23. The van der Waals surface area contributed by atoms with Crippen LogP contribution >= 0.6 is 11.6 Å². The molecule has 1 aromatic rings. The van der Waals surface area contributed by atoms with E-state index < -0.39 is 0 Å². The quantitative estimate of drug-likeness (QED) is 0.860. The van der Waals surface area contributed by atoms with E-state index in [9.17, 15) is 9.59 Å². The van der Waals surface area contributed by atoms with E-state index in [1.165, 1.54) is 6.08 Å². The molecule has 6 heteroatoms. The Balaban J connectivity index is 1.62. The molecule has 5 nitrogen and oxygen atoms in total. The maximum absolute atomic E-state index is 12.3. The number of nitrogens with one attached hydrogen (secondary N) is 1. The van der Waals surface area contributed by atoms with Crippen molar-refractivity contribution in [2.75, 3.05) is 13.2 Å². The van der Waals surface area contributed by atoms with Gasteiger partial charge in [0.15, 0.2) is 0 Å². The van der Waals surface area contributed by atoms with Gasteiger partial charge < -0.3 is 15.0 Å². The van der Waals surface area contributed by atoms with Crippen LogP contribution in [-0.2, 0) is 9.59 Å². The fourth-order valence-electron chi connectivity index (χ4n) is 3.23. The van der Waals surface area contributed by atoms with Gasteiger partial charge in [-0.15, -0.1) is 0 Å². The zero-order chi connectivity index (χ0) is 16.4. The predicted octanol–water partition coefficient (Wildman–Crippen LogP) is 2.46. The van der Waals surface area contributed by atoms with Gasteiger partial charge in [-0.1, -0.05) is 18.2 Å². The number of benzene rings is 1. The molecule has 23 heavy (non-hydrogen) atoms. The van der Waals surface area contributed by atoms with E-state index in [0.29, 0.717) is 24.6 Å². The summed E-state index contributed by atoms with van der Waals surface area (Å²) >= 11 is 6.01. The molecule has 0 saturated carbocycles. The Labute approximate surface area is 140 Å². The third-order valence-corrected chi connectivity index (χ3v) is 4.58. The van der Waals surface area contributed by atoms with Crippen molar-refractivity contribution in [3.8, 4) is 5.75 Å². The zero-order valence-electron chi connectivity index (χ0n) is 12.8. The molecule has 1 N–H and O–H groups in total. The van der Waals surface area contributed by atoms with Gasteiger partial charge in [0.1, 0.15) is 12.4 Å². The Kier molecular flexibility index (Phi) is 4.57. The first-order valence-corrected chi connectivity index (χ1v) is 8.11. The number of nitrogens with zero attached hydrogens (tertiary/aromatic N) is 1. The van der Waals surface area contributed by atoms with Crippen molar-refractivity contribution in [2.24, 2.45) is 0 Å². The number of carbonyl (C=O) groups is 2. The second-order valence-corrected chi connectivity index (χ2v) is 6.29. The molecule has 1 fully saturated rings. The van der Waals surface area contributed by atoms with Crippen LogP contribution in [0.5, 0.6) is 5.75 Å². The van der Waals surface area contributed by atoms with Gasteiger partial charge in [0.25, 0.3) is 0 Å². The summed E-state index contributed by atoms with van der Waals surface area (Å²) in [7, 11) is 0. The van der Waals surface area contributed by atoms with Crippen molar-refractivity contribution in [1.82, 2.24) is 10.2 Å². The molecule has 0 radical (unpaired) electrons. The van der Waals surface area contributed by atoms with E-state index in [2.05, 4.69) is 11.9 Å². The van der Waals surface area contributed by atoms with E-state index in [1.54, 1.807) is 11.0 Å². The number of hydrogen-bond donors (Lipinski definition) is 1. The monoisotopic (exact) mass is 334 g/mol. The lowest BCUT2D eigenvalue weighted by Crippen LogP contribution is -2.39. The molecule has 0 aromatic heterocycles. The number of fused-ring (bicyclic) bond motifs is 1. The van der Waals surface area contributed by atoms with Gasteiger partial charge >= 0.3 is 0 Å². The Morgan fingerprint density at radius 3 is 3.09 bits per heavy atom. The van der Waals surface area contributed by atoms with Gasteiger partial charge in [-0.2, -0.15) is 0 Å². The number of likely N-dealkylation sites (tertiary alicyclic amines) is 1. The Hall–Kier alpha value is -2.01. The van der Waals surface area contributed by atoms with Crippen LogP contribution in [0.1, 0.15) is 30.9 Å². The van der Waals surface area contributed by atoms with Gasteiger partial charge in [-0.25, -0.2) is 0 Å². The maximum atomic E-state index is 12.3. The third kappa shape index (κ3) is 3.34. The van der Waals surface area contributed by atoms with Gasteiger partial charge in [0, 0.05) is 29.6 Å². The molecule has 1 saturated heterocycles. The molecule has 3 rings (SSSR count). The molecule has 1 aromatic carbocycles. The normalized spacial score (nSPS) is 22.4. The zero-order valence-corrected chi connectivity index (χ0v) is 13.5. The van der Waals surface area contributed by atoms with Crippen LogP contribution in [0.15, 0.2) is 30.9 Å². The average Bonchev–Trinajstić information content (AvgIpc) is 3.14. The standard InChI is InChI=1S/C17H19ClN2O3/c1-2-17(22)20-7-3-4-12(20)9-16(21)19-14-10-23-15-6-5-11(18)8-13(14)15/h2,5-6,8,12,14H,1,3-4,7,9-10H2,(H,19,21)/t12-,14?/m1/s1. The fraction of sp³-hybridized carbons (Fsp3) is 0.412. The van der Waals surface area contributed by atoms with Crippen LogP contribution in [0.4, 0.5) is 0 Å². The molecule has 2 heterocycles. The number of rotatable bonds is 4. The van der Waals surface area contributed by atoms with E-state index in [4.69, 9.17) is 16.3 Å². The van der Waals surface area contributed by atoms with Crippen molar-refractivity contribution in [3.63, 3.8) is 0 Å². The van der Waals surface area contributed by atoms with Crippen LogP contribution in [0.2, 0.25) is 5.02 Å². The predicted molar refractivity (Wildman–Crippen MR) is 87.4 cm³/mol. The highest BCUT2D eigenvalue weighted by molar-refractivity contribution is 6.30. The molecule has 122 valence electrons. The smallest absolute Gasteiger partial charge is 0.246 e. The van der Waals surface area contributed by atoms with Gasteiger partial charge in [-0.3, -0.25) is 9.59 Å². The molecule has 2 aliphatic rings. The lowest BCUT2D eigenvalue weighted by molar-refractivity contribution is -0.128. The van der Waals surface area contributed by atoms with Crippen LogP contribution in [-0.4, -0.2) is 35.9 Å². The van der Waals surface area contributed by atoms with Gasteiger partial charge in [0.05, 0.1) is 6.04 Å². The third-order valence-electron chi connectivity index (χ3n) is 4.34. The van der Waals surface area contributed by atoms with Crippen molar-refractivity contribution in [1.29, 1.82) is 0 Å². The molecular formula is C17H19ClN2O3. The largest absolute Gasteiger partial charge is 0.491 e. The molecule has 2 atom stereocenters. The highest BCUT2D eigenvalue weighted by Crippen LogP contribution is 2.34. The highest BCUT2D eigenvalue weighted by Gasteiger charge is 2.31. The summed E-state index contributed by atoms with van der Waals surface area (Å²) in [6.07, 6.45) is 3.37. The fourth-order valence-corrected chi connectivity index (χ4v) is 3.41. The average molecular weight is 335 g/mol. The van der Waals surface area contributed by atoms with E-state index in [0.717, 1.165) is 24.2 Å². The Morgan fingerprint density at radius 2 is 2.30 bits per heavy atom. The summed E-state index contributed by atoms with van der Waals surface area (Å²) in [4.78, 5) is 25.9. The summed E-state index contributed by atoms with van der Waals surface area (Å²) in [5.41, 5.74) is 0.899. The molecule has 0 spiro atoms. The van der Waals surface area contributed by atoms with E-state index in [-0.39, 0.29) is 23.9 Å². The van der Waals surface area contributed by atoms with Crippen LogP contribution in [0.25, 0.3) is 0 Å². The summed E-state index contributed by atoms with van der Waals surface area (Å²) in [6.45, 7) is 4.61. The van der Waals surface area contributed by atoms with Gasteiger partial charge in [-0.05, 0) is 37.1 Å². The minimum absolute atomic E-state index is 0.0540. The van der Waals surface area contributed by atoms with Crippen molar-refractivity contribution >= 4 is 23.4 Å². The van der Waals surface area contributed by atoms with Gasteiger partial charge in [0.2, 0.25) is 11.8 Å². The van der Waals surface area contributed by atoms with Crippen molar-refractivity contribution in [3.05, 3.63) is 41.4 Å². The highest BCUT2D eigenvalue weighted by atomic mass is 35.5. The lowest BCUT2D eigenvalue weighted by atomic mass is 10.1. The SMILES string of the molecule is C=CC(=O)N1CCC[C@@H]1CC(=O)NC1COc2ccc(Cl)cc21. The van der Waals surface area contributed by atoms with E-state index in [1.807, 2.05) is 12.1 Å². The van der Waals surface area contributed by atoms with Crippen molar-refractivity contribution < 1.29 is 14.3 Å². The summed E-state index contributed by atoms with van der Waals surface area (Å²) in [5.74, 6) is 0.561.